The van der Waals surface area contributed by atoms with Crippen LogP contribution in [0.3, 0.4) is 0 Å². The molecule has 0 spiro atoms. The van der Waals surface area contributed by atoms with Crippen LogP contribution in [0.15, 0.2) is 12.1 Å². The number of rotatable bonds is 3. The molecule has 0 bridgehead atoms. The molecule has 104 valence electrons. The third-order valence-corrected chi connectivity index (χ3v) is 3.89. The Bertz CT molecular complexity index is 493. The number of aromatic hydroxyl groups is 1. The largest absolute Gasteiger partial charge is 0.506 e. The maximum absolute atomic E-state index is 11.2. The van der Waals surface area contributed by atoms with Crippen molar-refractivity contribution in [2.24, 2.45) is 0 Å². The van der Waals surface area contributed by atoms with E-state index in [0.29, 0.717) is 30.1 Å². The average Bonchev–Trinajstić information content (AvgIpc) is 2.35. The van der Waals surface area contributed by atoms with E-state index in [2.05, 4.69) is 0 Å². The summed E-state index contributed by atoms with van der Waals surface area (Å²) in [6.45, 7) is 1.03. The number of aliphatic carboxylic acids is 1. The minimum atomic E-state index is -0.827. The van der Waals surface area contributed by atoms with E-state index in [4.69, 9.17) is 23.2 Å². The monoisotopic (exact) mass is 303 g/mol. The first-order chi connectivity index (χ1) is 8.99. The molecule has 1 aliphatic heterocycles. The van der Waals surface area contributed by atoms with Crippen molar-refractivity contribution < 1.29 is 15.0 Å². The summed E-state index contributed by atoms with van der Waals surface area (Å²) in [6.07, 6.45) is 2.50. The van der Waals surface area contributed by atoms with Crippen molar-refractivity contribution in [3.8, 4) is 5.75 Å². The van der Waals surface area contributed by atoms with E-state index in [1.807, 2.05) is 4.90 Å². The van der Waals surface area contributed by atoms with Crippen molar-refractivity contribution in [3.63, 3.8) is 0 Å². The summed E-state index contributed by atoms with van der Waals surface area (Å²) < 4.78 is 0. The zero-order valence-electron chi connectivity index (χ0n) is 10.3. The molecule has 2 rings (SSSR count). The highest BCUT2D eigenvalue weighted by Crippen LogP contribution is 2.33. The van der Waals surface area contributed by atoms with Crippen LogP contribution in [0.5, 0.6) is 5.75 Å². The average molecular weight is 304 g/mol. The van der Waals surface area contributed by atoms with Crippen molar-refractivity contribution in [1.29, 1.82) is 0 Å². The molecule has 1 saturated heterocycles. The number of phenolic OH excluding ortho intramolecular Hbond substituents is 1. The molecule has 0 saturated carbocycles. The number of carboxylic acid groups (broad SMARTS) is 1. The summed E-state index contributed by atoms with van der Waals surface area (Å²) >= 11 is 11.8. The summed E-state index contributed by atoms with van der Waals surface area (Å²) in [6, 6.07) is 2.58. The Morgan fingerprint density at radius 1 is 1.37 bits per heavy atom. The fourth-order valence-corrected chi connectivity index (χ4v) is 2.95. The van der Waals surface area contributed by atoms with Gasteiger partial charge in [0.1, 0.15) is 11.8 Å². The number of halogens is 2. The lowest BCUT2D eigenvalue weighted by atomic mass is 10.0. The topological polar surface area (TPSA) is 60.8 Å². The number of benzene rings is 1. The van der Waals surface area contributed by atoms with Crippen molar-refractivity contribution in [3.05, 3.63) is 27.7 Å². The molecule has 1 heterocycles. The number of carboxylic acids is 1. The molecule has 0 amide bonds. The lowest BCUT2D eigenvalue weighted by Crippen LogP contribution is -2.44. The Morgan fingerprint density at radius 2 is 2.11 bits per heavy atom. The van der Waals surface area contributed by atoms with Gasteiger partial charge in [-0.25, -0.2) is 0 Å². The van der Waals surface area contributed by atoms with E-state index < -0.39 is 12.0 Å². The van der Waals surface area contributed by atoms with Gasteiger partial charge in [0, 0.05) is 17.1 Å². The summed E-state index contributed by atoms with van der Waals surface area (Å²) in [7, 11) is 0. The lowest BCUT2D eigenvalue weighted by Gasteiger charge is -2.33. The highest BCUT2D eigenvalue weighted by molar-refractivity contribution is 6.35. The highest BCUT2D eigenvalue weighted by Gasteiger charge is 2.29. The quantitative estimate of drug-likeness (QED) is 0.900. The second kappa shape index (κ2) is 5.99. The fraction of sp³-hybridized carbons (Fsp3) is 0.462. The molecule has 1 aromatic rings. The number of phenols is 1. The van der Waals surface area contributed by atoms with Gasteiger partial charge in [-0.1, -0.05) is 29.6 Å². The van der Waals surface area contributed by atoms with Crippen molar-refractivity contribution in [1.82, 2.24) is 4.90 Å². The van der Waals surface area contributed by atoms with Gasteiger partial charge in [0.25, 0.3) is 0 Å². The van der Waals surface area contributed by atoms with E-state index in [9.17, 15) is 15.0 Å². The molecule has 0 aliphatic carbocycles. The smallest absolute Gasteiger partial charge is 0.320 e. The molecule has 2 N–H and O–H groups in total. The van der Waals surface area contributed by atoms with Gasteiger partial charge in [0.2, 0.25) is 0 Å². The lowest BCUT2D eigenvalue weighted by molar-refractivity contribution is -0.144. The van der Waals surface area contributed by atoms with Crippen LogP contribution < -0.4 is 0 Å². The third-order valence-electron chi connectivity index (χ3n) is 3.38. The number of nitrogens with zero attached hydrogens (tertiary/aromatic N) is 1. The molecule has 1 aromatic carbocycles. The molecular formula is C13H15Cl2NO3. The second-order valence-electron chi connectivity index (χ2n) is 4.72. The molecule has 6 heteroatoms. The standard InChI is InChI=1S/C13H15Cl2NO3/c14-9-5-8(12(17)10(15)6-9)7-16-4-2-1-3-11(16)13(18)19/h5-6,11,17H,1-4,7H2,(H,18,19). The van der Waals surface area contributed by atoms with Gasteiger partial charge in [-0.2, -0.15) is 0 Å². The van der Waals surface area contributed by atoms with Crippen LogP contribution >= 0.6 is 23.2 Å². The minimum absolute atomic E-state index is 0.0271. The number of hydrogen-bond acceptors (Lipinski definition) is 3. The Hall–Kier alpha value is -0.970. The summed E-state index contributed by atoms with van der Waals surface area (Å²) in [4.78, 5) is 13.1. The zero-order chi connectivity index (χ0) is 14.0. The second-order valence-corrected chi connectivity index (χ2v) is 5.56. The van der Waals surface area contributed by atoms with E-state index in [1.54, 1.807) is 6.07 Å². The van der Waals surface area contributed by atoms with E-state index in [1.165, 1.54) is 6.07 Å². The van der Waals surface area contributed by atoms with E-state index in [-0.39, 0.29) is 10.8 Å². The highest BCUT2D eigenvalue weighted by atomic mass is 35.5. The molecule has 1 unspecified atom stereocenters. The van der Waals surface area contributed by atoms with Crippen LogP contribution in [0.2, 0.25) is 10.0 Å². The van der Waals surface area contributed by atoms with Gasteiger partial charge >= 0.3 is 5.97 Å². The van der Waals surface area contributed by atoms with Crippen LogP contribution in [0.1, 0.15) is 24.8 Å². The van der Waals surface area contributed by atoms with Crippen molar-refractivity contribution >= 4 is 29.2 Å². The van der Waals surface area contributed by atoms with Crippen LogP contribution in [0.4, 0.5) is 0 Å². The molecule has 0 aromatic heterocycles. The molecule has 1 aliphatic rings. The summed E-state index contributed by atoms with van der Waals surface area (Å²) in [5.74, 6) is -0.854. The molecule has 1 atom stereocenters. The van der Waals surface area contributed by atoms with Crippen LogP contribution in [0, 0.1) is 0 Å². The van der Waals surface area contributed by atoms with Gasteiger partial charge in [-0.05, 0) is 31.5 Å². The number of piperidine rings is 1. The Balaban J connectivity index is 2.22. The maximum Gasteiger partial charge on any atom is 0.320 e. The first kappa shape index (κ1) is 14.4. The summed E-state index contributed by atoms with van der Waals surface area (Å²) in [5.41, 5.74) is 0.561. The van der Waals surface area contributed by atoms with Gasteiger partial charge < -0.3 is 10.2 Å². The number of likely N-dealkylation sites (tertiary alicyclic amines) is 1. The van der Waals surface area contributed by atoms with Crippen molar-refractivity contribution in [2.75, 3.05) is 6.54 Å². The fourth-order valence-electron chi connectivity index (χ4n) is 2.42. The third kappa shape index (κ3) is 3.32. The first-order valence-electron chi connectivity index (χ1n) is 6.13. The minimum Gasteiger partial charge on any atom is -0.506 e. The molecule has 1 fully saturated rings. The summed E-state index contributed by atoms with van der Waals surface area (Å²) in [5, 5.41) is 19.7. The number of hydrogen-bond donors (Lipinski definition) is 2. The Labute approximate surface area is 121 Å². The van der Waals surface area contributed by atoms with E-state index in [0.717, 1.165) is 12.8 Å². The van der Waals surface area contributed by atoms with Gasteiger partial charge in [0.15, 0.2) is 0 Å². The van der Waals surface area contributed by atoms with E-state index >= 15 is 0 Å². The number of carbonyl (C=O) groups is 1. The normalized spacial score (nSPS) is 20.4. The molecule has 4 nitrogen and oxygen atoms in total. The van der Waals surface area contributed by atoms with Crippen LogP contribution in [-0.2, 0) is 11.3 Å². The Morgan fingerprint density at radius 3 is 2.79 bits per heavy atom. The van der Waals surface area contributed by atoms with Crippen molar-refractivity contribution in [2.45, 2.75) is 31.8 Å². The SMILES string of the molecule is O=C(O)C1CCCCN1Cc1cc(Cl)cc(Cl)c1O. The van der Waals surface area contributed by atoms with Crippen LogP contribution in [-0.4, -0.2) is 33.7 Å². The predicted molar refractivity (Wildman–Crippen MR) is 73.8 cm³/mol. The molecule has 19 heavy (non-hydrogen) atoms. The van der Waals surface area contributed by atoms with Gasteiger partial charge in [0.05, 0.1) is 5.02 Å². The van der Waals surface area contributed by atoms with Crippen LogP contribution in [0.25, 0.3) is 0 Å². The predicted octanol–water partition coefficient (Wildman–Crippen LogP) is 3.14. The maximum atomic E-state index is 11.2. The van der Waals surface area contributed by atoms with Gasteiger partial charge in [-0.3, -0.25) is 9.69 Å². The molecular weight excluding hydrogens is 289 g/mol. The first-order valence-corrected chi connectivity index (χ1v) is 6.88. The van der Waals surface area contributed by atoms with Gasteiger partial charge in [-0.15, -0.1) is 0 Å². The zero-order valence-corrected chi connectivity index (χ0v) is 11.8. The Kier molecular flexibility index (Phi) is 4.55. The molecule has 0 radical (unpaired) electrons.